The molecule has 0 amide bonds. The molecule has 0 aliphatic heterocycles. The van der Waals surface area contributed by atoms with Crippen LogP contribution in [0.1, 0.15) is 34.8 Å². The second kappa shape index (κ2) is 5.17. The number of hydrogen-bond acceptors (Lipinski definition) is 2. The number of hydrogen-bond donors (Lipinski definition) is 1. The summed E-state index contributed by atoms with van der Waals surface area (Å²) in [5, 5.41) is 5.16. The largest absolute Gasteiger partial charge is 0.388 e. The van der Waals surface area contributed by atoms with Gasteiger partial charge >= 0.3 is 0 Å². The summed E-state index contributed by atoms with van der Waals surface area (Å²) in [5.41, 5.74) is 3.13. The van der Waals surface area contributed by atoms with E-state index in [-0.39, 0.29) is 5.82 Å². The molecule has 1 N–H and O–H groups in total. The number of anilines is 1. The minimum absolute atomic E-state index is 0.153. The fourth-order valence-electron chi connectivity index (χ4n) is 2.32. The summed E-state index contributed by atoms with van der Waals surface area (Å²) in [7, 11) is 1.84. The van der Waals surface area contributed by atoms with Gasteiger partial charge in [0, 0.05) is 23.2 Å². The smallest absolute Gasteiger partial charge is 0.125 e. The third-order valence-corrected chi connectivity index (χ3v) is 4.26. The highest BCUT2D eigenvalue weighted by Crippen LogP contribution is 2.44. The van der Waals surface area contributed by atoms with Crippen LogP contribution in [0.5, 0.6) is 0 Å². The predicted octanol–water partition coefficient (Wildman–Crippen LogP) is 4.98. The van der Waals surface area contributed by atoms with Gasteiger partial charge in [0.25, 0.3) is 0 Å². The Morgan fingerprint density at radius 3 is 2.79 bits per heavy atom. The first-order valence-electron chi connectivity index (χ1n) is 6.50. The molecule has 0 atom stereocenters. The van der Waals surface area contributed by atoms with Crippen LogP contribution in [0.2, 0.25) is 0 Å². The summed E-state index contributed by atoms with van der Waals surface area (Å²) < 4.78 is 13.6. The van der Waals surface area contributed by atoms with Crippen molar-refractivity contribution in [3.05, 3.63) is 51.5 Å². The van der Waals surface area contributed by atoms with Crippen LogP contribution in [-0.4, -0.2) is 7.05 Å². The van der Waals surface area contributed by atoms with Crippen molar-refractivity contribution in [3.63, 3.8) is 0 Å². The summed E-state index contributed by atoms with van der Waals surface area (Å²) in [6.45, 7) is 0. The number of rotatable bonds is 4. The van der Waals surface area contributed by atoms with Crippen molar-refractivity contribution >= 4 is 29.2 Å². The van der Waals surface area contributed by atoms with Crippen LogP contribution in [0.25, 0.3) is 12.2 Å². The molecule has 0 bridgehead atoms. The van der Waals surface area contributed by atoms with Crippen LogP contribution in [0, 0.1) is 5.82 Å². The summed E-state index contributed by atoms with van der Waals surface area (Å²) >= 11 is 1.71. The lowest BCUT2D eigenvalue weighted by molar-refractivity contribution is 0.626. The molecule has 1 aromatic heterocycles. The van der Waals surface area contributed by atoms with Crippen LogP contribution in [0.15, 0.2) is 29.6 Å². The monoisotopic (exact) mass is 273 g/mol. The van der Waals surface area contributed by atoms with E-state index in [4.69, 9.17) is 0 Å². The van der Waals surface area contributed by atoms with Crippen molar-refractivity contribution in [1.82, 2.24) is 0 Å². The third-order valence-electron chi connectivity index (χ3n) is 3.42. The maximum atomic E-state index is 13.6. The molecular weight excluding hydrogens is 257 g/mol. The van der Waals surface area contributed by atoms with Gasteiger partial charge in [-0.3, -0.25) is 0 Å². The van der Waals surface area contributed by atoms with Crippen molar-refractivity contribution in [2.45, 2.75) is 18.8 Å². The van der Waals surface area contributed by atoms with E-state index in [1.807, 2.05) is 13.1 Å². The van der Waals surface area contributed by atoms with Gasteiger partial charge in [-0.15, -0.1) is 11.3 Å². The maximum Gasteiger partial charge on any atom is 0.125 e. The Morgan fingerprint density at radius 1 is 1.32 bits per heavy atom. The Labute approximate surface area is 116 Å². The van der Waals surface area contributed by atoms with Gasteiger partial charge in [-0.1, -0.05) is 12.1 Å². The van der Waals surface area contributed by atoms with Crippen molar-refractivity contribution < 1.29 is 4.39 Å². The molecule has 0 unspecified atom stereocenters. The van der Waals surface area contributed by atoms with Gasteiger partial charge in [0.15, 0.2) is 0 Å². The second-order valence-corrected chi connectivity index (χ2v) is 5.81. The molecule has 1 heterocycles. The number of benzene rings is 1. The highest BCUT2D eigenvalue weighted by molar-refractivity contribution is 7.10. The Morgan fingerprint density at radius 2 is 2.16 bits per heavy atom. The van der Waals surface area contributed by atoms with Crippen LogP contribution in [0.4, 0.5) is 10.1 Å². The molecule has 1 fully saturated rings. The zero-order chi connectivity index (χ0) is 13.2. The van der Waals surface area contributed by atoms with E-state index in [0.29, 0.717) is 5.92 Å². The van der Waals surface area contributed by atoms with E-state index in [0.717, 1.165) is 16.8 Å². The molecule has 3 rings (SSSR count). The lowest BCUT2D eigenvalue weighted by atomic mass is 10.00. The predicted molar refractivity (Wildman–Crippen MR) is 81.2 cm³/mol. The SMILES string of the molecule is CNc1cc(F)cc(C2CC2)c1/C=C/c1cccs1. The molecule has 1 aliphatic rings. The van der Waals surface area contributed by atoms with Gasteiger partial charge < -0.3 is 5.32 Å². The molecule has 1 aliphatic carbocycles. The van der Waals surface area contributed by atoms with Crippen LogP contribution in [-0.2, 0) is 0 Å². The average molecular weight is 273 g/mol. The van der Waals surface area contributed by atoms with E-state index < -0.39 is 0 Å². The summed E-state index contributed by atoms with van der Waals surface area (Å²) in [6, 6.07) is 7.38. The van der Waals surface area contributed by atoms with Crippen LogP contribution >= 0.6 is 11.3 Å². The fourth-order valence-corrected chi connectivity index (χ4v) is 2.93. The molecule has 98 valence electrons. The standard InChI is InChI=1S/C16H16FNS/c1-18-16-10-12(17)9-15(11-4-5-11)14(16)7-6-13-3-2-8-19-13/h2-3,6-11,18H,4-5H2,1H3/b7-6+. The van der Waals surface area contributed by atoms with Crippen molar-refractivity contribution in [2.24, 2.45) is 0 Å². The molecule has 1 saturated carbocycles. The highest BCUT2D eigenvalue weighted by Gasteiger charge is 2.27. The minimum atomic E-state index is -0.153. The number of nitrogens with one attached hydrogen (secondary N) is 1. The van der Waals surface area contributed by atoms with E-state index in [9.17, 15) is 4.39 Å². The Kier molecular flexibility index (Phi) is 3.38. The summed E-state index contributed by atoms with van der Waals surface area (Å²) in [6.07, 6.45) is 6.55. The molecule has 0 radical (unpaired) electrons. The lowest BCUT2D eigenvalue weighted by Gasteiger charge is -2.11. The number of thiophene rings is 1. The van der Waals surface area contributed by atoms with Crippen molar-refractivity contribution in [1.29, 1.82) is 0 Å². The molecule has 1 nitrogen and oxygen atoms in total. The second-order valence-electron chi connectivity index (χ2n) is 4.83. The lowest BCUT2D eigenvalue weighted by Crippen LogP contribution is -1.97. The zero-order valence-electron chi connectivity index (χ0n) is 10.8. The van der Waals surface area contributed by atoms with E-state index >= 15 is 0 Å². The van der Waals surface area contributed by atoms with E-state index in [2.05, 4.69) is 28.9 Å². The average Bonchev–Trinajstić information content (AvgIpc) is 3.13. The third kappa shape index (κ3) is 2.71. The Hall–Kier alpha value is -1.61. The van der Waals surface area contributed by atoms with Crippen LogP contribution < -0.4 is 5.32 Å². The van der Waals surface area contributed by atoms with Gasteiger partial charge in [0.05, 0.1) is 0 Å². The first kappa shape index (κ1) is 12.4. The molecule has 2 aromatic rings. The first-order valence-corrected chi connectivity index (χ1v) is 7.38. The molecular formula is C16H16FNS. The van der Waals surface area contributed by atoms with Crippen LogP contribution in [0.3, 0.4) is 0 Å². The topological polar surface area (TPSA) is 12.0 Å². The van der Waals surface area contributed by atoms with Gasteiger partial charge in [-0.2, -0.15) is 0 Å². The Bertz CT molecular complexity index is 597. The molecule has 0 spiro atoms. The van der Waals surface area contributed by atoms with Gasteiger partial charge in [-0.05, 0) is 54.0 Å². The Balaban J connectivity index is 2.02. The van der Waals surface area contributed by atoms with E-state index in [1.165, 1.54) is 17.7 Å². The summed E-state index contributed by atoms with van der Waals surface area (Å²) in [5.74, 6) is 0.380. The normalized spacial score (nSPS) is 15.1. The highest BCUT2D eigenvalue weighted by atomic mass is 32.1. The first-order chi connectivity index (χ1) is 9.28. The van der Waals surface area contributed by atoms with Gasteiger partial charge in [0.2, 0.25) is 0 Å². The fraction of sp³-hybridized carbons (Fsp3) is 0.250. The maximum absolute atomic E-state index is 13.6. The molecule has 3 heteroatoms. The summed E-state index contributed by atoms with van der Waals surface area (Å²) in [4.78, 5) is 1.22. The molecule has 1 aromatic carbocycles. The van der Waals surface area contributed by atoms with Gasteiger partial charge in [0.1, 0.15) is 5.82 Å². The molecule has 0 saturated heterocycles. The molecule has 19 heavy (non-hydrogen) atoms. The van der Waals surface area contributed by atoms with E-state index in [1.54, 1.807) is 23.5 Å². The zero-order valence-corrected chi connectivity index (χ0v) is 11.6. The van der Waals surface area contributed by atoms with Crippen molar-refractivity contribution in [2.75, 3.05) is 12.4 Å². The van der Waals surface area contributed by atoms with Gasteiger partial charge in [-0.25, -0.2) is 4.39 Å². The quantitative estimate of drug-likeness (QED) is 0.828. The number of halogens is 1. The van der Waals surface area contributed by atoms with Crippen molar-refractivity contribution in [3.8, 4) is 0 Å². The minimum Gasteiger partial charge on any atom is -0.388 e.